The van der Waals surface area contributed by atoms with Crippen molar-refractivity contribution >= 4 is 67.2 Å². The van der Waals surface area contributed by atoms with Gasteiger partial charge in [-0.1, -0.05) is 91.4 Å². The molecular formula is C54H56N4O2P2. The molecule has 2 aliphatic rings. The van der Waals surface area contributed by atoms with E-state index in [9.17, 15) is 0 Å². The number of fused-ring (bicyclic) bond motifs is 4. The van der Waals surface area contributed by atoms with Gasteiger partial charge >= 0.3 is 0 Å². The van der Waals surface area contributed by atoms with Crippen LogP contribution in [0.2, 0.25) is 0 Å². The molecule has 0 spiro atoms. The topological polar surface area (TPSA) is 38.2 Å². The molecule has 62 heavy (non-hydrogen) atoms. The minimum atomic E-state index is -1.39. The number of benzene rings is 4. The molecule has 0 N–H and O–H groups in total. The van der Waals surface area contributed by atoms with Gasteiger partial charge in [0.25, 0.3) is 8.45 Å². The summed E-state index contributed by atoms with van der Waals surface area (Å²) >= 11 is 0. The van der Waals surface area contributed by atoms with Gasteiger partial charge in [-0.25, -0.2) is 0 Å². The Morgan fingerprint density at radius 1 is 0.597 bits per heavy atom. The maximum Gasteiger partial charge on any atom is 0.257 e. The van der Waals surface area contributed by atoms with Gasteiger partial charge in [-0.15, -0.1) is 0 Å². The lowest BCUT2D eigenvalue weighted by atomic mass is 9.79. The van der Waals surface area contributed by atoms with Gasteiger partial charge in [-0.3, -0.25) is 13.0 Å². The number of hydrogen-bond donors (Lipinski definition) is 0. The van der Waals surface area contributed by atoms with E-state index >= 15 is 0 Å². The molecule has 314 valence electrons. The van der Waals surface area contributed by atoms with Crippen LogP contribution >= 0.6 is 16.7 Å². The fraction of sp³-hybridized carbons (Fsp3) is 0.259. The molecular weight excluding hydrogens is 799 g/mol. The van der Waals surface area contributed by atoms with Gasteiger partial charge < -0.3 is 13.6 Å². The van der Waals surface area contributed by atoms with E-state index < -0.39 is 16.7 Å². The minimum absolute atomic E-state index is 0.101. The quantitative estimate of drug-likeness (QED) is 0.129. The Labute approximate surface area is 367 Å². The molecule has 2 aliphatic carbocycles. The predicted octanol–water partition coefficient (Wildman–Crippen LogP) is 13.5. The summed E-state index contributed by atoms with van der Waals surface area (Å²) in [4.78, 5) is 0. The molecule has 0 radical (unpaired) electrons. The molecule has 4 aromatic heterocycles. The third-order valence-corrected chi connectivity index (χ3v) is 17.0. The number of nitrogens with zero attached hydrogens (tertiary/aromatic N) is 4. The number of hydrogen-bond acceptors (Lipinski definition) is 2. The Hall–Kier alpha value is -5.38. The highest BCUT2D eigenvalue weighted by Crippen LogP contribution is 2.54. The second kappa shape index (κ2) is 16.1. The molecule has 0 fully saturated rings. The lowest BCUT2D eigenvalue weighted by Gasteiger charge is -2.36. The van der Waals surface area contributed by atoms with Crippen LogP contribution in [0.3, 0.4) is 0 Å². The molecule has 0 bridgehead atoms. The molecule has 8 aromatic rings. The second-order valence-electron chi connectivity index (χ2n) is 17.6. The third-order valence-electron chi connectivity index (χ3n) is 13.4. The third kappa shape index (κ3) is 6.83. The van der Waals surface area contributed by atoms with Gasteiger partial charge in [-0.05, 0) is 142 Å². The van der Waals surface area contributed by atoms with Gasteiger partial charge in [0.05, 0.1) is 28.8 Å². The number of allylic oxidation sites excluding steroid dienone is 2. The zero-order valence-corrected chi connectivity index (χ0v) is 39.2. The average Bonchev–Trinajstić information content (AvgIpc) is 4.00. The van der Waals surface area contributed by atoms with Gasteiger partial charge in [0.2, 0.25) is 8.30 Å². The average molecular weight is 855 g/mol. The molecule has 0 amide bonds. The van der Waals surface area contributed by atoms with Crippen molar-refractivity contribution in [2.24, 2.45) is 5.92 Å². The summed E-state index contributed by atoms with van der Waals surface area (Å²) in [6.07, 6.45) is 19.0. The van der Waals surface area contributed by atoms with Gasteiger partial charge in [-0.2, -0.15) is 0 Å². The number of rotatable bonds is 10. The van der Waals surface area contributed by atoms with Crippen LogP contribution < -0.4 is 15.1 Å². The Balaban J connectivity index is 1.15. The number of aromatic nitrogens is 4. The summed E-state index contributed by atoms with van der Waals surface area (Å²) in [7, 11) is -2.67. The first kappa shape index (κ1) is 40.7. The largest absolute Gasteiger partial charge is 0.450 e. The molecule has 6 nitrogen and oxygen atoms in total. The smallest absolute Gasteiger partial charge is 0.257 e. The monoisotopic (exact) mass is 854 g/mol. The van der Waals surface area contributed by atoms with Gasteiger partial charge in [0.15, 0.2) is 0 Å². The molecule has 10 rings (SSSR count). The molecule has 8 heteroatoms. The number of para-hydroxylation sites is 3. The van der Waals surface area contributed by atoms with E-state index in [1.807, 2.05) is 0 Å². The summed E-state index contributed by atoms with van der Waals surface area (Å²) in [5.41, 5.74) is 16.0. The summed E-state index contributed by atoms with van der Waals surface area (Å²) in [5, 5.41) is 6.38. The van der Waals surface area contributed by atoms with Crippen LogP contribution in [0.25, 0.3) is 50.4 Å². The molecule has 4 atom stereocenters. The Morgan fingerprint density at radius 2 is 1.18 bits per heavy atom. The van der Waals surface area contributed by atoms with Crippen molar-refractivity contribution < 1.29 is 9.05 Å². The zero-order chi connectivity index (χ0) is 43.0. The summed E-state index contributed by atoms with van der Waals surface area (Å²) in [6.45, 7) is 20.3. The van der Waals surface area contributed by atoms with Crippen LogP contribution in [0.4, 0.5) is 0 Å². The van der Waals surface area contributed by atoms with Crippen LogP contribution in [0, 0.1) is 47.5 Å². The standard InChI is InChI=1S/C54H56N4O2P2/c1-34-26-27-51(59-61(56-30-38(5)44-19-11-15-23-48(44)56)33-55-29-37(4)43-18-10-14-22-47(43)55)52(41(34)8)53-42(9)35(2)28-36(3)54(53)60-62(57-31-39(6)45-20-12-16-24-49(45)57)58-32-40(7)46-21-13-17-25-50(46)58/h10-12,14-16,18-32,36,54H,13,17,33H2,1-9H3/t36?,54?,61?,62-/m1/s1. The van der Waals surface area contributed by atoms with E-state index in [-0.39, 0.29) is 12.0 Å². The van der Waals surface area contributed by atoms with Crippen LogP contribution in [0.1, 0.15) is 72.6 Å². The highest BCUT2D eigenvalue weighted by molar-refractivity contribution is 7.50. The SMILES string of the molecule is CC1=CC(C)C(O[P@@](n2cc(C)c3c2=CCCC=3)n2cc(C)c3ccccc32)C(c2c(OP(Cn3cc(C)c4ccccc43)n3cc(C)c4ccccc43)ccc(C)c2C)=C1C. The Kier molecular flexibility index (Phi) is 10.5. The fourth-order valence-corrected chi connectivity index (χ4v) is 14.0. The Morgan fingerprint density at radius 3 is 1.89 bits per heavy atom. The van der Waals surface area contributed by atoms with E-state index in [1.165, 1.54) is 93.4 Å². The molecule has 0 saturated carbocycles. The van der Waals surface area contributed by atoms with E-state index in [2.05, 4.69) is 208 Å². The Bertz CT molecular complexity index is 3260. The summed E-state index contributed by atoms with van der Waals surface area (Å²) in [5.74, 6) is 1.00. The second-order valence-corrected chi connectivity index (χ2v) is 20.8. The minimum Gasteiger partial charge on any atom is -0.450 e. The van der Waals surface area contributed by atoms with Crippen molar-refractivity contribution in [3.8, 4) is 5.75 Å². The summed E-state index contributed by atoms with van der Waals surface area (Å²) < 4.78 is 25.3. The van der Waals surface area contributed by atoms with Crippen molar-refractivity contribution in [1.82, 2.24) is 17.6 Å². The normalized spacial score (nSPS) is 17.6. The van der Waals surface area contributed by atoms with Gasteiger partial charge in [0, 0.05) is 57.9 Å². The van der Waals surface area contributed by atoms with Crippen molar-refractivity contribution in [3.05, 3.63) is 176 Å². The first-order chi connectivity index (χ1) is 30.0. The molecule has 4 heterocycles. The van der Waals surface area contributed by atoms with Crippen LogP contribution in [0.15, 0.2) is 127 Å². The zero-order valence-electron chi connectivity index (χ0n) is 37.4. The van der Waals surface area contributed by atoms with E-state index in [0.29, 0.717) is 6.29 Å². The predicted molar refractivity (Wildman–Crippen MR) is 264 cm³/mol. The number of aryl methyl sites for hydroxylation is 5. The lowest BCUT2D eigenvalue weighted by Crippen LogP contribution is -2.33. The summed E-state index contributed by atoms with van der Waals surface area (Å²) in [6, 6.07) is 30.7. The van der Waals surface area contributed by atoms with E-state index in [0.717, 1.165) is 24.2 Å². The highest BCUT2D eigenvalue weighted by Gasteiger charge is 2.36. The van der Waals surface area contributed by atoms with Crippen molar-refractivity contribution in [2.75, 3.05) is 0 Å². The van der Waals surface area contributed by atoms with Crippen LogP contribution in [-0.4, -0.2) is 23.7 Å². The van der Waals surface area contributed by atoms with Crippen molar-refractivity contribution in [2.45, 2.75) is 87.5 Å². The first-order valence-electron chi connectivity index (χ1n) is 22.0. The molecule has 3 unspecified atom stereocenters. The molecule has 0 saturated heterocycles. The van der Waals surface area contributed by atoms with E-state index in [1.54, 1.807) is 0 Å². The maximum absolute atomic E-state index is 7.90. The van der Waals surface area contributed by atoms with Crippen molar-refractivity contribution in [1.29, 1.82) is 0 Å². The fourth-order valence-electron chi connectivity index (χ4n) is 9.91. The van der Waals surface area contributed by atoms with Crippen LogP contribution in [-0.2, 0) is 10.8 Å². The first-order valence-corrected chi connectivity index (χ1v) is 24.5. The molecule has 4 aromatic carbocycles. The highest BCUT2D eigenvalue weighted by atomic mass is 31.2. The van der Waals surface area contributed by atoms with Crippen molar-refractivity contribution in [3.63, 3.8) is 0 Å². The van der Waals surface area contributed by atoms with E-state index in [4.69, 9.17) is 9.05 Å². The molecule has 0 aliphatic heterocycles. The van der Waals surface area contributed by atoms with Crippen LogP contribution in [0.5, 0.6) is 5.75 Å². The lowest BCUT2D eigenvalue weighted by molar-refractivity contribution is 0.235. The maximum atomic E-state index is 7.90. The van der Waals surface area contributed by atoms with Gasteiger partial charge in [0.1, 0.15) is 5.75 Å².